The van der Waals surface area contributed by atoms with Gasteiger partial charge in [0.1, 0.15) is 5.75 Å². The van der Waals surface area contributed by atoms with Crippen LogP contribution in [-0.2, 0) is 4.79 Å². The first-order chi connectivity index (χ1) is 9.29. The molecule has 0 saturated carbocycles. The van der Waals surface area contributed by atoms with Crippen LogP contribution in [0, 0.1) is 0 Å². The summed E-state index contributed by atoms with van der Waals surface area (Å²) in [6.45, 7) is 3.39. The summed E-state index contributed by atoms with van der Waals surface area (Å²) in [6, 6.07) is 17.3. The fourth-order valence-electron chi connectivity index (χ4n) is 1.61. The van der Waals surface area contributed by atoms with Gasteiger partial charge < -0.3 is 4.74 Å². The molecule has 0 aliphatic carbocycles. The minimum Gasteiger partial charge on any atom is -0.423 e. The number of esters is 1. The van der Waals surface area contributed by atoms with E-state index in [4.69, 9.17) is 4.74 Å². The lowest BCUT2D eigenvalue weighted by molar-refractivity contribution is -0.128. The van der Waals surface area contributed by atoms with Crippen LogP contribution in [0.3, 0.4) is 0 Å². The van der Waals surface area contributed by atoms with Gasteiger partial charge in [0.25, 0.3) is 0 Å². The highest BCUT2D eigenvalue weighted by atomic mass is 16.5. The Bertz CT molecular complexity index is 598. The van der Waals surface area contributed by atoms with E-state index < -0.39 is 5.97 Å². The third kappa shape index (κ3) is 3.68. The van der Waals surface area contributed by atoms with E-state index in [1.165, 1.54) is 0 Å². The maximum atomic E-state index is 11.2. The predicted octanol–water partition coefficient (Wildman–Crippen LogP) is 3.95. The Morgan fingerprint density at radius 3 is 2.37 bits per heavy atom. The number of hydrogen-bond acceptors (Lipinski definition) is 2. The molecule has 2 nitrogen and oxygen atoms in total. The lowest BCUT2D eigenvalue weighted by Gasteiger charge is -2.04. The lowest BCUT2D eigenvalue weighted by Crippen LogP contribution is -2.03. The first kappa shape index (κ1) is 12.8. The molecule has 0 radical (unpaired) electrons. The highest BCUT2D eigenvalue weighted by Crippen LogP contribution is 2.20. The molecule has 0 bridgehead atoms. The van der Waals surface area contributed by atoms with Crippen molar-refractivity contribution in [2.24, 2.45) is 0 Å². The molecular formula is C17H14O2. The Morgan fingerprint density at radius 2 is 1.63 bits per heavy atom. The van der Waals surface area contributed by atoms with Crippen LogP contribution < -0.4 is 4.74 Å². The number of para-hydroxylation sites is 1. The van der Waals surface area contributed by atoms with Crippen molar-refractivity contribution in [1.29, 1.82) is 0 Å². The summed E-state index contributed by atoms with van der Waals surface area (Å²) in [5.41, 5.74) is 1.94. The normalized spacial score (nSPS) is 10.3. The molecule has 0 unspecified atom stereocenters. The number of hydrogen-bond donors (Lipinski definition) is 0. The van der Waals surface area contributed by atoms with Crippen LogP contribution in [0.1, 0.15) is 11.1 Å². The predicted molar refractivity (Wildman–Crippen MR) is 77.6 cm³/mol. The molecule has 2 rings (SSSR count). The fraction of sp³-hybridized carbons (Fsp3) is 0. The first-order valence-electron chi connectivity index (χ1n) is 5.96. The quantitative estimate of drug-likeness (QED) is 0.355. The monoisotopic (exact) mass is 250 g/mol. The van der Waals surface area contributed by atoms with Crippen molar-refractivity contribution in [1.82, 2.24) is 0 Å². The topological polar surface area (TPSA) is 26.3 Å². The summed E-state index contributed by atoms with van der Waals surface area (Å²) in [5.74, 6) is 0.0696. The van der Waals surface area contributed by atoms with E-state index in [0.29, 0.717) is 5.75 Å². The molecule has 0 N–H and O–H groups in total. The largest absolute Gasteiger partial charge is 0.423 e. The van der Waals surface area contributed by atoms with Gasteiger partial charge in [-0.3, -0.25) is 0 Å². The van der Waals surface area contributed by atoms with Crippen LogP contribution >= 0.6 is 0 Å². The molecule has 0 saturated heterocycles. The van der Waals surface area contributed by atoms with Crippen LogP contribution in [0.15, 0.2) is 67.3 Å². The summed E-state index contributed by atoms with van der Waals surface area (Å²) in [5, 5.41) is 0. The molecule has 0 aliphatic heterocycles. The minimum absolute atomic E-state index is 0.458. The maximum Gasteiger partial charge on any atom is 0.335 e. The molecule has 94 valence electrons. The van der Waals surface area contributed by atoms with Gasteiger partial charge in [-0.1, -0.05) is 67.3 Å². The zero-order chi connectivity index (χ0) is 13.5. The Hall–Kier alpha value is -2.61. The van der Waals surface area contributed by atoms with Crippen molar-refractivity contribution in [3.8, 4) is 5.75 Å². The van der Waals surface area contributed by atoms with E-state index in [9.17, 15) is 4.79 Å². The maximum absolute atomic E-state index is 11.2. The second kappa shape index (κ2) is 6.36. The molecule has 0 aromatic heterocycles. The fourth-order valence-corrected chi connectivity index (χ4v) is 1.61. The molecule has 19 heavy (non-hydrogen) atoms. The highest BCUT2D eigenvalue weighted by molar-refractivity contribution is 5.84. The van der Waals surface area contributed by atoms with E-state index in [1.54, 1.807) is 6.07 Å². The van der Waals surface area contributed by atoms with E-state index >= 15 is 0 Å². The third-order valence-electron chi connectivity index (χ3n) is 2.55. The zero-order valence-electron chi connectivity index (χ0n) is 10.5. The molecule has 0 amide bonds. The van der Waals surface area contributed by atoms with Crippen molar-refractivity contribution in [3.05, 3.63) is 78.4 Å². The number of carbonyl (C=O) groups excluding carboxylic acids is 1. The molecule has 0 fully saturated rings. The smallest absolute Gasteiger partial charge is 0.335 e. The summed E-state index contributed by atoms with van der Waals surface area (Å²) < 4.78 is 5.17. The number of rotatable bonds is 4. The molecule has 0 heterocycles. The van der Waals surface area contributed by atoms with Crippen LogP contribution in [-0.4, -0.2) is 5.97 Å². The van der Waals surface area contributed by atoms with Gasteiger partial charge in [0.15, 0.2) is 0 Å². The summed E-state index contributed by atoms with van der Waals surface area (Å²) in [6.07, 6.45) is 5.04. The van der Waals surface area contributed by atoms with Gasteiger partial charge in [0, 0.05) is 11.6 Å². The molecule has 0 atom stereocenters. The molecule has 2 heteroatoms. The van der Waals surface area contributed by atoms with Gasteiger partial charge in [0.05, 0.1) is 0 Å². The van der Waals surface area contributed by atoms with Crippen molar-refractivity contribution in [2.75, 3.05) is 0 Å². The second-order valence-corrected chi connectivity index (χ2v) is 3.91. The van der Waals surface area contributed by atoms with Crippen molar-refractivity contribution >= 4 is 18.1 Å². The van der Waals surface area contributed by atoms with Gasteiger partial charge in [-0.15, -0.1) is 0 Å². The van der Waals surface area contributed by atoms with Crippen LogP contribution in [0.25, 0.3) is 12.2 Å². The van der Waals surface area contributed by atoms with Gasteiger partial charge in [0.2, 0.25) is 0 Å². The number of carbonyl (C=O) groups is 1. The van der Waals surface area contributed by atoms with Gasteiger partial charge >= 0.3 is 5.97 Å². The van der Waals surface area contributed by atoms with Gasteiger partial charge in [-0.05, 0) is 11.6 Å². The Kier molecular flexibility index (Phi) is 4.29. The van der Waals surface area contributed by atoms with Crippen LogP contribution in [0.5, 0.6) is 5.75 Å². The second-order valence-electron chi connectivity index (χ2n) is 3.91. The van der Waals surface area contributed by atoms with Gasteiger partial charge in [-0.2, -0.15) is 0 Å². The van der Waals surface area contributed by atoms with Crippen molar-refractivity contribution < 1.29 is 9.53 Å². The summed E-state index contributed by atoms with van der Waals surface area (Å²) in [4.78, 5) is 11.2. The molecule has 0 aliphatic rings. The first-order valence-corrected chi connectivity index (χ1v) is 5.96. The van der Waals surface area contributed by atoms with Crippen molar-refractivity contribution in [3.63, 3.8) is 0 Å². The Labute approximate surface area is 112 Å². The third-order valence-corrected chi connectivity index (χ3v) is 2.55. The molecule has 2 aromatic rings. The van der Waals surface area contributed by atoms with E-state index in [0.717, 1.165) is 17.2 Å². The molecule has 0 spiro atoms. The summed E-state index contributed by atoms with van der Waals surface area (Å²) in [7, 11) is 0. The minimum atomic E-state index is -0.458. The highest BCUT2D eigenvalue weighted by Gasteiger charge is 2.03. The standard InChI is InChI=1S/C17H14O2/c1-2-17(18)19-16-11-7-6-10-15(16)13-12-14-8-4-3-5-9-14/h2-13H,1H2. The Morgan fingerprint density at radius 1 is 0.947 bits per heavy atom. The van der Waals surface area contributed by atoms with E-state index in [2.05, 4.69) is 6.58 Å². The molecular weight excluding hydrogens is 236 g/mol. The SMILES string of the molecule is C=CC(=O)Oc1ccccc1C=Cc1ccccc1. The van der Waals surface area contributed by atoms with E-state index in [1.807, 2.05) is 60.7 Å². The van der Waals surface area contributed by atoms with E-state index in [-0.39, 0.29) is 0 Å². The van der Waals surface area contributed by atoms with Crippen LogP contribution in [0.2, 0.25) is 0 Å². The summed E-state index contributed by atoms with van der Waals surface area (Å²) >= 11 is 0. The number of ether oxygens (including phenoxy) is 1. The molecule has 2 aromatic carbocycles. The Balaban J connectivity index is 2.23. The lowest BCUT2D eigenvalue weighted by atomic mass is 10.1. The zero-order valence-corrected chi connectivity index (χ0v) is 10.5. The average Bonchev–Trinajstić information content (AvgIpc) is 2.47. The average molecular weight is 250 g/mol. The van der Waals surface area contributed by atoms with Crippen molar-refractivity contribution in [2.45, 2.75) is 0 Å². The van der Waals surface area contributed by atoms with Crippen LogP contribution in [0.4, 0.5) is 0 Å². The number of benzene rings is 2. The van der Waals surface area contributed by atoms with Gasteiger partial charge in [-0.25, -0.2) is 4.79 Å².